The number of piperazine rings is 1. The molecule has 0 bridgehead atoms. The van der Waals surface area contributed by atoms with Crippen LogP contribution in [0.1, 0.15) is 37.0 Å². The van der Waals surface area contributed by atoms with Crippen molar-refractivity contribution in [1.82, 2.24) is 14.8 Å². The maximum absolute atomic E-state index is 12.8. The number of para-hydroxylation sites is 1. The average Bonchev–Trinajstić information content (AvgIpc) is 3.35. The van der Waals surface area contributed by atoms with E-state index >= 15 is 0 Å². The average molecular weight is 386 g/mol. The molecule has 2 aliphatic heterocycles. The van der Waals surface area contributed by atoms with Gasteiger partial charge in [0.25, 0.3) is 6.01 Å². The van der Waals surface area contributed by atoms with Gasteiger partial charge in [-0.2, -0.15) is 4.98 Å². The highest BCUT2D eigenvalue weighted by molar-refractivity contribution is 6.01. The number of amides is 2. The van der Waals surface area contributed by atoms with E-state index in [9.17, 15) is 9.59 Å². The molecule has 1 aromatic heterocycles. The van der Waals surface area contributed by atoms with Gasteiger partial charge in [-0.3, -0.25) is 0 Å². The number of hydrogen-bond donors (Lipinski definition) is 0. The first-order valence-electron chi connectivity index (χ1n) is 9.79. The van der Waals surface area contributed by atoms with Crippen LogP contribution in [0.5, 0.6) is 0 Å². The van der Waals surface area contributed by atoms with Gasteiger partial charge < -0.3 is 23.9 Å². The standard InChI is InChI=1S/C20H26N4O4/c1-13-11-23(20(26)22-9-4-5-10-22)12-14(2)24(13)19-21-17-15(18(25)27-3)7-6-8-16(17)28-19/h6-8,13-14H,4-5,9-12H2,1-3H3. The van der Waals surface area contributed by atoms with E-state index in [-0.39, 0.29) is 18.1 Å². The van der Waals surface area contributed by atoms with Crippen LogP contribution in [-0.2, 0) is 4.74 Å². The molecule has 8 heteroatoms. The minimum Gasteiger partial charge on any atom is -0.465 e. The van der Waals surface area contributed by atoms with Gasteiger partial charge in [-0.25, -0.2) is 9.59 Å². The van der Waals surface area contributed by atoms with Crippen molar-refractivity contribution in [3.63, 3.8) is 0 Å². The molecule has 0 N–H and O–H groups in total. The fourth-order valence-electron chi connectivity index (χ4n) is 4.29. The predicted octanol–water partition coefficient (Wildman–Crippen LogP) is 2.73. The Kier molecular flexibility index (Phi) is 4.87. The quantitative estimate of drug-likeness (QED) is 0.739. The number of hydrogen-bond acceptors (Lipinski definition) is 6. The number of nitrogens with zero attached hydrogens (tertiary/aromatic N) is 4. The molecule has 0 aliphatic carbocycles. The summed E-state index contributed by atoms with van der Waals surface area (Å²) in [5, 5.41) is 0. The Morgan fingerprint density at radius 2 is 1.79 bits per heavy atom. The third-order valence-electron chi connectivity index (χ3n) is 5.60. The molecule has 150 valence electrons. The fraction of sp³-hybridized carbons (Fsp3) is 0.550. The van der Waals surface area contributed by atoms with Gasteiger partial charge >= 0.3 is 12.0 Å². The number of carbonyl (C=O) groups excluding carboxylic acids is 2. The number of aromatic nitrogens is 1. The van der Waals surface area contributed by atoms with Crippen molar-refractivity contribution in [3.05, 3.63) is 23.8 Å². The summed E-state index contributed by atoms with van der Waals surface area (Å²) < 4.78 is 10.8. The summed E-state index contributed by atoms with van der Waals surface area (Å²) >= 11 is 0. The largest absolute Gasteiger partial charge is 0.465 e. The van der Waals surface area contributed by atoms with E-state index in [1.54, 1.807) is 18.2 Å². The number of ether oxygens (including phenoxy) is 1. The second kappa shape index (κ2) is 7.33. The van der Waals surface area contributed by atoms with Crippen LogP contribution in [0.15, 0.2) is 22.6 Å². The number of anilines is 1. The number of fused-ring (bicyclic) bond motifs is 1. The van der Waals surface area contributed by atoms with Gasteiger partial charge in [-0.1, -0.05) is 6.07 Å². The van der Waals surface area contributed by atoms with Crippen LogP contribution >= 0.6 is 0 Å². The molecular weight excluding hydrogens is 360 g/mol. The molecule has 2 saturated heterocycles. The number of esters is 1. The summed E-state index contributed by atoms with van der Waals surface area (Å²) in [6.07, 6.45) is 2.17. The molecule has 2 fully saturated rings. The summed E-state index contributed by atoms with van der Waals surface area (Å²) in [7, 11) is 1.35. The maximum Gasteiger partial charge on any atom is 0.340 e. The van der Waals surface area contributed by atoms with Gasteiger partial charge in [0.15, 0.2) is 5.58 Å². The summed E-state index contributed by atoms with van der Waals surface area (Å²) in [5.74, 6) is -0.437. The van der Waals surface area contributed by atoms with Crippen LogP contribution in [0, 0.1) is 0 Å². The van der Waals surface area contributed by atoms with Crippen LogP contribution in [0.25, 0.3) is 11.1 Å². The summed E-state index contributed by atoms with van der Waals surface area (Å²) in [6, 6.07) is 5.92. The van der Waals surface area contributed by atoms with Crippen LogP contribution < -0.4 is 4.90 Å². The third kappa shape index (κ3) is 3.16. The molecule has 2 amide bonds. The van der Waals surface area contributed by atoms with Crippen LogP contribution in [0.2, 0.25) is 0 Å². The number of urea groups is 1. The lowest BCUT2D eigenvalue weighted by molar-refractivity contribution is 0.0602. The Morgan fingerprint density at radius 3 is 2.43 bits per heavy atom. The number of rotatable bonds is 2. The van der Waals surface area contributed by atoms with Gasteiger partial charge in [0, 0.05) is 38.3 Å². The summed E-state index contributed by atoms with van der Waals surface area (Å²) in [5.41, 5.74) is 1.44. The molecule has 1 aromatic carbocycles. The SMILES string of the molecule is COC(=O)c1cccc2oc(N3C(C)CN(C(=O)N4CCCC4)CC3C)nc12. The molecule has 0 radical (unpaired) electrons. The Bertz CT molecular complexity index is 877. The lowest BCUT2D eigenvalue weighted by atomic mass is 10.1. The van der Waals surface area contributed by atoms with Crippen molar-refractivity contribution in [3.8, 4) is 0 Å². The Morgan fingerprint density at radius 1 is 1.11 bits per heavy atom. The molecule has 4 rings (SSSR count). The highest BCUT2D eigenvalue weighted by Gasteiger charge is 2.36. The molecule has 3 heterocycles. The minimum absolute atomic E-state index is 0.0462. The lowest BCUT2D eigenvalue weighted by Crippen LogP contribution is -2.60. The van der Waals surface area contributed by atoms with E-state index in [2.05, 4.69) is 23.7 Å². The molecule has 2 aromatic rings. The fourth-order valence-corrected chi connectivity index (χ4v) is 4.29. The van der Waals surface area contributed by atoms with E-state index in [1.807, 2.05) is 9.80 Å². The Labute approximate surface area is 164 Å². The highest BCUT2D eigenvalue weighted by atomic mass is 16.5. The first-order valence-corrected chi connectivity index (χ1v) is 9.79. The van der Waals surface area contributed by atoms with Crippen molar-refractivity contribution >= 4 is 29.1 Å². The normalized spacial score (nSPS) is 22.8. The van der Waals surface area contributed by atoms with Crippen molar-refractivity contribution in [2.75, 3.05) is 38.2 Å². The molecule has 2 atom stereocenters. The second-order valence-electron chi connectivity index (χ2n) is 7.63. The number of methoxy groups -OCH3 is 1. The van der Waals surface area contributed by atoms with Crippen molar-refractivity contribution in [1.29, 1.82) is 0 Å². The smallest absolute Gasteiger partial charge is 0.340 e. The second-order valence-corrected chi connectivity index (χ2v) is 7.63. The summed E-state index contributed by atoms with van der Waals surface area (Å²) in [6.45, 7) is 7.06. The zero-order valence-electron chi connectivity index (χ0n) is 16.6. The van der Waals surface area contributed by atoms with Crippen LogP contribution in [0.3, 0.4) is 0 Å². The molecule has 28 heavy (non-hydrogen) atoms. The van der Waals surface area contributed by atoms with Crippen LogP contribution in [0.4, 0.5) is 10.8 Å². The zero-order valence-corrected chi connectivity index (χ0v) is 16.6. The van der Waals surface area contributed by atoms with E-state index in [1.165, 1.54) is 7.11 Å². The van der Waals surface area contributed by atoms with E-state index in [0.717, 1.165) is 25.9 Å². The predicted molar refractivity (Wildman–Crippen MR) is 105 cm³/mol. The topological polar surface area (TPSA) is 79.1 Å². The molecule has 8 nitrogen and oxygen atoms in total. The first-order chi connectivity index (χ1) is 13.5. The molecule has 2 aliphatic rings. The van der Waals surface area contributed by atoms with E-state index in [4.69, 9.17) is 9.15 Å². The molecular formula is C20H26N4O4. The van der Waals surface area contributed by atoms with Gasteiger partial charge in [-0.05, 0) is 38.8 Å². The van der Waals surface area contributed by atoms with Gasteiger partial charge in [0.1, 0.15) is 5.52 Å². The van der Waals surface area contributed by atoms with Gasteiger partial charge in [0.05, 0.1) is 12.7 Å². The number of oxazole rings is 1. The van der Waals surface area contributed by atoms with Crippen LogP contribution in [-0.4, -0.2) is 72.2 Å². The lowest BCUT2D eigenvalue weighted by Gasteiger charge is -2.44. The van der Waals surface area contributed by atoms with Gasteiger partial charge in [0.2, 0.25) is 0 Å². The molecule has 0 spiro atoms. The monoisotopic (exact) mass is 386 g/mol. The summed E-state index contributed by atoms with van der Waals surface area (Å²) in [4.78, 5) is 35.4. The van der Waals surface area contributed by atoms with Gasteiger partial charge in [-0.15, -0.1) is 0 Å². The zero-order chi connectivity index (χ0) is 19.8. The number of benzene rings is 1. The molecule has 0 saturated carbocycles. The Balaban J connectivity index is 1.58. The van der Waals surface area contributed by atoms with E-state index in [0.29, 0.717) is 35.8 Å². The third-order valence-corrected chi connectivity index (χ3v) is 5.60. The minimum atomic E-state index is -0.437. The first kappa shape index (κ1) is 18.6. The van der Waals surface area contributed by atoms with Crippen molar-refractivity contribution < 1.29 is 18.7 Å². The highest BCUT2D eigenvalue weighted by Crippen LogP contribution is 2.30. The molecule has 2 unspecified atom stereocenters. The Hall–Kier alpha value is -2.77. The van der Waals surface area contributed by atoms with E-state index < -0.39 is 5.97 Å². The van der Waals surface area contributed by atoms with Crippen molar-refractivity contribution in [2.45, 2.75) is 38.8 Å². The number of carbonyl (C=O) groups is 2. The number of likely N-dealkylation sites (tertiary alicyclic amines) is 1. The maximum atomic E-state index is 12.8. The van der Waals surface area contributed by atoms with Crippen molar-refractivity contribution in [2.24, 2.45) is 0 Å².